The first-order valence-electron chi connectivity index (χ1n) is 8.63. The number of fused-ring (bicyclic) bond motifs is 1. The first-order chi connectivity index (χ1) is 10.0. The van der Waals surface area contributed by atoms with Crippen molar-refractivity contribution in [1.29, 1.82) is 0 Å². The molecule has 2 heteroatoms. The van der Waals surface area contributed by atoms with Gasteiger partial charge in [0.1, 0.15) is 0 Å². The largest absolute Gasteiger partial charge is 0.386 e. The molecule has 124 valence electrons. The zero-order chi connectivity index (χ0) is 16.8. The average Bonchev–Trinajstić information content (AvgIpc) is 2.45. The molecule has 0 aromatic carbocycles. The maximum Gasteiger partial charge on any atom is 0.155 e. The van der Waals surface area contributed by atoms with E-state index in [9.17, 15) is 9.90 Å². The van der Waals surface area contributed by atoms with Crippen molar-refractivity contribution < 1.29 is 9.90 Å². The smallest absolute Gasteiger partial charge is 0.155 e. The molecule has 0 aromatic heterocycles. The molecule has 1 unspecified atom stereocenters. The molecule has 1 saturated carbocycles. The van der Waals surface area contributed by atoms with Gasteiger partial charge in [0, 0.05) is 6.42 Å². The maximum absolute atomic E-state index is 12.2. The molecule has 5 atom stereocenters. The Balaban J connectivity index is 2.34. The summed E-state index contributed by atoms with van der Waals surface area (Å²) in [6, 6.07) is 0. The molecule has 22 heavy (non-hydrogen) atoms. The topological polar surface area (TPSA) is 37.3 Å². The highest BCUT2D eigenvalue weighted by atomic mass is 16.3. The Labute approximate surface area is 135 Å². The lowest BCUT2D eigenvalue weighted by Crippen LogP contribution is -2.51. The van der Waals surface area contributed by atoms with Crippen molar-refractivity contribution in [2.45, 2.75) is 72.3 Å². The van der Waals surface area contributed by atoms with Crippen LogP contribution in [0.2, 0.25) is 0 Å². The number of carbonyl (C=O) groups is 1. The SMILES string of the molecule is C=CC(C)(O)CC[C@]1(C)[C@H](C)CC[C@]2(C)C(C)=CC(=O)C[C@H]12. The molecule has 0 heterocycles. The standard InChI is InChI=1S/C20H32O2/c1-7-18(4,22)10-11-20(6)14(2)8-9-19(5)15(3)12-16(21)13-17(19)20/h7,12,14,17,22H,1,8-11,13H2,2-6H3/t14-,17+,18?,19-,20-/m1/s1. The van der Waals surface area contributed by atoms with Gasteiger partial charge in [0.05, 0.1) is 5.60 Å². The summed E-state index contributed by atoms with van der Waals surface area (Å²) >= 11 is 0. The van der Waals surface area contributed by atoms with Crippen molar-refractivity contribution in [3.63, 3.8) is 0 Å². The van der Waals surface area contributed by atoms with Crippen LogP contribution >= 0.6 is 0 Å². The van der Waals surface area contributed by atoms with E-state index in [0.717, 1.165) is 6.42 Å². The Hall–Kier alpha value is -0.890. The monoisotopic (exact) mass is 304 g/mol. The average molecular weight is 304 g/mol. The van der Waals surface area contributed by atoms with Gasteiger partial charge in [-0.1, -0.05) is 32.4 Å². The number of aliphatic hydroxyl groups is 1. The minimum absolute atomic E-state index is 0.0885. The van der Waals surface area contributed by atoms with Gasteiger partial charge in [0.2, 0.25) is 0 Å². The summed E-state index contributed by atoms with van der Waals surface area (Å²) in [5.74, 6) is 1.22. The van der Waals surface area contributed by atoms with E-state index in [-0.39, 0.29) is 16.6 Å². The predicted octanol–water partition coefficient (Wildman–Crippen LogP) is 4.68. The summed E-state index contributed by atoms with van der Waals surface area (Å²) < 4.78 is 0. The van der Waals surface area contributed by atoms with Crippen molar-refractivity contribution in [2.75, 3.05) is 0 Å². The van der Waals surface area contributed by atoms with Gasteiger partial charge in [-0.15, -0.1) is 6.58 Å². The molecule has 2 rings (SSSR count). The van der Waals surface area contributed by atoms with E-state index in [0.29, 0.717) is 24.7 Å². The number of hydrogen-bond acceptors (Lipinski definition) is 2. The van der Waals surface area contributed by atoms with Crippen LogP contribution < -0.4 is 0 Å². The third-order valence-corrected chi connectivity index (χ3v) is 7.08. The molecular weight excluding hydrogens is 272 g/mol. The maximum atomic E-state index is 12.2. The molecule has 0 bridgehead atoms. The minimum Gasteiger partial charge on any atom is -0.386 e. The normalized spacial score (nSPS) is 41.4. The number of carbonyl (C=O) groups excluding carboxylic acids is 1. The van der Waals surface area contributed by atoms with Gasteiger partial charge in [0.25, 0.3) is 0 Å². The first kappa shape index (κ1) is 17.5. The van der Waals surface area contributed by atoms with E-state index >= 15 is 0 Å². The summed E-state index contributed by atoms with van der Waals surface area (Å²) in [6.07, 6.45) is 8.17. The van der Waals surface area contributed by atoms with Crippen molar-refractivity contribution in [3.8, 4) is 0 Å². The van der Waals surface area contributed by atoms with Gasteiger partial charge >= 0.3 is 0 Å². The lowest BCUT2D eigenvalue weighted by molar-refractivity contribution is -0.124. The van der Waals surface area contributed by atoms with Crippen molar-refractivity contribution >= 4 is 5.78 Å². The lowest BCUT2D eigenvalue weighted by Gasteiger charge is -2.58. The molecule has 0 spiro atoms. The third-order valence-electron chi connectivity index (χ3n) is 7.08. The van der Waals surface area contributed by atoms with E-state index in [1.807, 2.05) is 13.0 Å². The fourth-order valence-corrected chi connectivity index (χ4v) is 4.73. The van der Waals surface area contributed by atoms with Crippen LogP contribution in [0.4, 0.5) is 0 Å². The lowest BCUT2D eigenvalue weighted by atomic mass is 9.46. The summed E-state index contributed by atoms with van der Waals surface area (Å²) in [6.45, 7) is 14.7. The molecule has 0 aromatic rings. The van der Waals surface area contributed by atoms with Crippen LogP contribution in [0.25, 0.3) is 0 Å². The van der Waals surface area contributed by atoms with E-state index in [1.54, 1.807) is 6.08 Å². The third kappa shape index (κ3) is 2.82. The van der Waals surface area contributed by atoms with Crippen LogP contribution in [0.5, 0.6) is 0 Å². The van der Waals surface area contributed by atoms with Gasteiger partial charge in [-0.25, -0.2) is 0 Å². The van der Waals surface area contributed by atoms with Crippen LogP contribution in [0.1, 0.15) is 66.7 Å². The van der Waals surface area contributed by atoms with Crippen molar-refractivity contribution in [1.82, 2.24) is 0 Å². The van der Waals surface area contributed by atoms with Gasteiger partial charge in [-0.2, -0.15) is 0 Å². The Morgan fingerprint density at radius 1 is 1.50 bits per heavy atom. The van der Waals surface area contributed by atoms with Crippen LogP contribution in [-0.4, -0.2) is 16.5 Å². The summed E-state index contributed by atoms with van der Waals surface area (Å²) in [5, 5.41) is 10.3. The van der Waals surface area contributed by atoms with Gasteiger partial charge < -0.3 is 5.11 Å². The van der Waals surface area contributed by atoms with Crippen LogP contribution in [0.15, 0.2) is 24.3 Å². The van der Waals surface area contributed by atoms with Gasteiger partial charge in [-0.3, -0.25) is 4.79 Å². The second kappa shape index (κ2) is 5.63. The second-order valence-corrected chi connectivity index (χ2v) is 8.47. The zero-order valence-corrected chi connectivity index (χ0v) is 14.9. The van der Waals surface area contributed by atoms with Gasteiger partial charge in [-0.05, 0) is 68.3 Å². The quantitative estimate of drug-likeness (QED) is 0.766. The Morgan fingerprint density at radius 3 is 2.73 bits per heavy atom. The van der Waals surface area contributed by atoms with Crippen LogP contribution in [-0.2, 0) is 4.79 Å². The molecule has 1 fully saturated rings. The molecule has 2 nitrogen and oxygen atoms in total. The molecule has 2 aliphatic carbocycles. The fourth-order valence-electron chi connectivity index (χ4n) is 4.73. The van der Waals surface area contributed by atoms with Crippen LogP contribution in [0.3, 0.4) is 0 Å². The fraction of sp³-hybridized carbons (Fsp3) is 0.750. The van der Waals surface area contributed by atoms with E-state index in [1.165, 1.54) is 18.4 Å². The molecule has 1 N–H and O–H groups in total. The summed E-state index contributed by atoms with van der Waals surface area (Å²) in [4.78, 5) is 12.2. The summed E-state index contributed by atoms with van der Waals surface area (Å²) in [5.41, 5.74) is 0.655. The Bertz CT molecular complexity index is 502. The number of rotatable bonds is 4. The highest BCUT2D eigenvalue weighted by molar-refractivity contribution is 5.92. The second-order valence-electron chi connectivity index (χ2n) is 8.47. The van der Waals surface area contributed by atoms with Gasteiger partial charge in [0.15, 0.2) is 5.78 Å². The van der Waals surface area contributed by atoms with E-state index < -0.39 is 5.60 Å². The highest BCUT2D eigenvalue weighted by Crippen LogP contribution is 2.61. The minimum atomic E-state index is -0.819. The predicted molar refractivity (Wildman–Crippen MR) is 91.5 cm³/mol. The van der Waals surface area contributed by atoms with Crippen molar-refractivity contribution in [3.05, 3.63) is 24.3 Å². The molecule has 2 aliphatic rings. The van der Waals surface area contributed by atoms with Crippen molar-refractivity contribution in [2.24, 2.45) is 22.7 Å². The van der Waals surface area contributed by atoms with E-state index in [4.69, 9.17) is 0 Å². The number of ketones is 1. The Kier molecular flexibility index (Phi) is 4.47. The zero-order valence-electron chi connectivity index (χ0n) is 14.9. The molecule has 0 amide bonds. The number of allylic oxidation sites excluding steroid dienone is 2. The summed E-state index contributed by atoms with van der Waals surface area (Å²) in [7, 11) is 0. The molecule has 0 saturated heterocycles. The number of hydrogen-bond donors (Lipinski definition) is 1. The molecule has 0 radical (unpaired) electrons. The molecular formula is C20H32O2. The highest BCUT2D eigenvalue weighted by Gasteiger charge is 2.54. The first-order valence-corrected chi connectivity index (χ1v) is 8.63. The Morgan fingerprint density at radius 2 is 2.14 bits per heavy atom. The molecule has 0 aliphatic heterocycles. The van der Waals surface area contributed by atoms with Crippen LogP contribution in [0, 0.1) is 22.7 Å². The van der Waals surface area contributed by atoms with E-state index in [2.05, 4.69) is 34.3 Å².